The maximum atomic E-state index is 5.22. The van der Waals surface area contributed by atoms with Gasteiger partial charge in [-0.15, -0.1) is 0 Å². The zero-order chi connectivity index (χ0) is 15.7. The summed E-state index contributed by atoms with van der Waals surface area (Å²) < 4.78 is 5.22. The van der Waals surface area contributed by atoms with Gasteiger partial charge >= 0.3 is 0 Å². The molecule has 0 saturated heterocycles. The molecule has 1 aromatic carbocycles. The summed E-state index contributed by atoms with van der Waals surface area (Å²) in [5, 5.41) is 3.63. The molecule has 0 radical (unpaired) electrons. The molecule has 1 N–H and O–H groups in total. The standard InChI is InChI=1S/C18H32N2O/c1-6-19-18(17-10-8-7-9-16(17)4)11-12-20(15(2)3)13-14-21-5/h7-10,15,18-19H,6,11-14H2,1-5H3. The Morgan fingerprint density at radius 1 is 1.19 bits per heavy atom. The fourth-order valence-corrected chi connectivity index (χ4v) is 2.72. The SMILES string of the molecule is CCNC(CCN(CCOC)C(C)C)c1ccccc1C. The lowest BCUT2D eigenvalue weighted by Gasteiger charge is -2.29. The van der Waals surface area contributed by atoms with Crippen molar-refractivity contribution in [2.24, 2.45) is 0 Å². The molecule has 1 rings (SSSR count). The molecule has 0 saturated carbocycles. The van der Waals surface area contributed by atoms with E-state index in [0.29, 0.717) is 12.1 Å². The van der Waals surface area contributed by atoms with Crippen LogP contribution >= 0.6 is 0 Å². The van der Waals surface area contributed by atoms with Crippen LogP contribution in [0.25, 0.3) is 0 Å². The molecule has 0 aliphatic heterocycles. The van der Waals surface area contributed by atoms with Gasteiger partial charge in [-0.1, -0.05) is 31.2 Å². The van der Waals surface area contributed by atoms with Gasteiger partial charge in [0.25, 0.3) is 0 Å². The number of hydrogen-bond donors (Lipinski definition) is 1. The quantitative estimate of drug-likeness (QED) is 0.715. The summed E-state index contributed by atoms with van der Waals surface area (Å²) in [5.41, 5.74) is 2.80. The fraction of sp³-hybridized carbons (Fsp3) is 0.667. The van der Waals surface area contributed by atoms with Gasteiger partial charge in [0, 0.05) is 32.3 Å². The van der Waals surface area contributed by atoms with Crippen LogP contribution in [0.3, 0.4) is 0 Å². The molecule has 3 heteroatoms. The zero-order valence-electron chi connectivity index (χ0n) is 14.4. The lowest BCUT2D eigenvalue weighted by atomic mass is 9.98. The fourth-order valence-electron chi connectivity index (χ4n) is 2.72. The Hall–Kier alpha value is -0.900. The van der Waals surface area contributed by atoms with Gasteiger partial charge in [0.05, 0.1) is 6.61 Å². The third-order valence-electron chi connectivity index (χ3n) is 4.03. The van der Waals surface area contributed by atoms with Crippen molar-refractivity contribution in [1.82, 2.24) is 10.2 Å². The highest BCUT2D eigenvalue weighted by Crippen LogP contribution is 2.21. The van der Waals surface area contributed by atoms with E-state index in [1.54, 1.807) is 7.11 Å². The molecule has 0 aliphatic carbocycles. The van der Waals surface area contributed by atoms with Crippen LogP contribution in [0.1, 0.15) is 44.4 Å². The van der Waals surface area contributed by atoms with Crippen LogP contribution in [0.5, 0.6) is 0 Å². The summed E-state index contributed by atoms with van der Waals surface area (Å²) in [6.07, 6.45) is 1.13. The van der Waals surface area contributed by atoms with Crippen LogP contribution in [0.2, 0.25) is 0 Å². The summed E-state index contributed by atoms with van der Waals surface area (Å²) in [5.74, 6) is 0. The van der Waals surface area contributed by atoms with Crippen molar-refractivity contribution in [3.8, 4) is 0 Å². The van der Waals surface area contributed by atoms with Crippen molar-refractivity contribution in [2.45, 2.75) is 46.2 Å². The van der Waals surface area contributed by atoms with E-state index >= 15 is 0 Å². The van der Waals surface area contributed by atoms with E-state index in [-0.39, 0.29) is 0 Å². The zero-order valence-corrected chi connectivity index (χ0v) is 14.4. The van der Waals surface area contributed by atoms with E-state index in [1.165, 1.54) is 11.1 Å². The van der Waals surface area contributed by atoms with Gasteiger partial charge in [0.2, 0.25) is 0 Å². The van der Waals surface area contributed by atoms with Crippen LogP contribution in [0.4, 0.5) is 0 Å². The minimum atomic E-state index is 0.431. The maximum absolute atomic E-state index is 5.22. The number of aryl methyl sites for hydroxylation is 1. The molecule has 120 valence electrons. The summed E-state index contributed by atoms with van der Waals surface area (Å²) >= 11 is 0. The highest BCUT2D eigenvalue weighted by atomic mass is 16.5. The van der Waals surface area contributed by atoms with Crippen LogP contribution in [-0.2, 0) is 4.74 Å². The summed E-state index contributed by atoms with van der Waals surface area (Å²) in [7, 11) is 1.77. The van der Waals surface area contributed by atoms with Crippen molar-refractivity contribution in [3.05, 3.63) is 35.4 Å². The summed E-state index contributed by atoms with van der Waals surface area (Å²) in [6.45, 7) is 12.8. The van der Waals surface area contributed by atoms with Crippen LogP contribution in [0, 0.1) is 6.92 Å². The molecule has 0 amide bonds. The van der Waals surface area contributed by atoms with E-state index in [0.717, 1.165) is 32.7 Å². The number of nitrogens with zero attached hydrogens (tertiary/aromatic N) is 1. The van der Waals surface area contributed by atoms with E-state index in [2.05, 4.69) is 62.2 Å². The first kappa shape index (κ1) is 18.1. The first-order valence-corrected chi connectivity index (χ1v) is 8.12. The average molecular weight is 292 g/mol. The number of rotatable bonds is 10. The number of nitrogens with one attached hydrogen (secondary N) is 1. The summed E-state index contributed by atoms with van der Waals surface area (Å²) in [6, 6.07) is 9.68. The monoisotopic (exact) mass is 292 g/mol. The molecular weight excluding hydrogens is 260 g/mol. The normalized spacial score (nSPS) is 13.1. The predicted molar refractivity (Wildman–Crippen MR) is 90.8 cm³/mol. The van der Waals surface area contributed by atoms with Crippen molar-refractivity contribution in [3.63, 3.8) is 0 Å². The molecule has 0 heterocycles. The second-order valence-electron chi connectivity index (χ2n) is 5.88. The van der Waals surface area contributed by atoms with Gasteiger partial charge in [0.1, 0.15) is 0 Å². The van der Waals surface area contributed by atoms with Gasteiger partial charge in [0.15, 0.2) is 0 Å². The van der Waals surface area contributed by atoms with Crippen LogP contribution < -0.4 is 5.32 Å². The highest BCUT2D eigenvalue weighted by molar-refractivity contribution is 5.28. The maximum Gasteiger partial charge on any atom is 0.0589 e. The summed E-state index contributed by atoms with van der Waals surface area (Å²) in [4.78, 5) is 2.49. The topological polar surface area (TPSA) is 24.5 Å². The number of hydrogen-bond acceptors (Lipinski definition) is 3. The first-order valence-electron chi connectivity index (χ1n) is 8.12. The Kier molecular flexibility index (Phi) is 8.58. The van der Waals surface area contributed by atoms with Crippen molar-refractivity contribution in [2.75, 3.05) is 33.4 Å². The van der Waals surface area contributed by atoms with Crippen LogP contribution in [-0.4, -0.2) is 44.3 Å². The average Bonchev–Trinajstić information content (AvgIpc) is 2.46. The third-order valence-corrected chi connectivity index (χ3v) is 4.03. The van der Waals surface area contributed by atoms with Gasteiger partial charge in [-0.3, -0.25) is 4.90 Å². The smallest absolute Gasteiger partial charge is 0.0589 e. The molecule has 0 aromatic heterocycles. The van der Waals surface area contributed by atoms with Gasteiger partial charge in [-0.2, -0.15) is 0 Å². The van der Waals surface area contributed by atoms with Crippen molar-refractivity contribution >= 4 is 0 Å². The number of methoxy groups -OCH3 is 1. The second-order valence-corrected chi connectivity index (χ2v) is 5.88. The van der Waals surface area contributed by atoms with E-state index < -0.39 is 0 Å². The first-order chi connectivity index (χ1) is 10.1. The lowest BCUT2D eigenvalue weighted by Crippen LogP contribution is -2.36. The predicted octanol–water partition coefficient (Wildman–Crippen LogP) is 3.39. The highest BCUT2D eigenvalue weighted by Gasteiger charge is 2.16. The Morgan fingerprint density at radius 2 is 1.90 bits per heavy atom. The Labute approximate surface area is 130 Å². The van der Waals surface area contributed by atoms with Crippen molar-refractivity contribution < 1.29 is 4.74 Å². The molecule has 1 atom stereocenters. The molecule has 0 bridgehead atoms. The minimum Gasteiger partial charge on any atom is -0.383 e. The Balaban J connectivity index is 2.67. The second kappa shape index (κ2) is 9.93. The number of benzene rings is 1. The molecule has 1 unspecified atom stereocenters. The Morgan fingerprint density at radius 3 is 2.48 bits per heavy atom. The van der Waals surface area contributed by atoms with E-state index in [4.69, 9.17) is 4.74 Å². The lowest BCUT2D eigenvalue weighted by molar-refractivity contribution is 0.126. The third kappa shape index (κ3) is 6.16. The van der Waals surface area contributed by atoms with E-state index in [1.807, 2.05) is 0 Å². The molecule has 3 nitrogen and oxygen atoms in total. The molecule has 0 fully saturated rings. The molecule has 1 aromatic rings. The minimum absolute atomic E-state index is 0.431. The molecule has 0 aliphatic rings. The largest absolute Gasteiger partial charge is 0.383 e. The van der Waals surface area contributed by atoms with Gasteiger partial charge < -0.3 is 10.1 Å². The van der Waals surface area contributed by atoms with Crippen molar-refractivity contribution in [1.29, 1.82) is 0 Å². The van der Waals surface area contributed by atoms with Crippen LogP contribution in [0.15, 0.2) is 24.3 Å². The van der Waals surface area contributed by atoms with Gasteiger partial charge in [-0.25, -0.2) is 0 Å². The van der Waals surface area contributed by atoms with E-state index in [9.17, 15) is 0 Å². The molecular formula is C18H32N2O. The Bertz CT molecular complexity index is 393. The molecule has 0 spiro atoms. The molecule has 21 heavy (non-hydrogen) atoms. The number of ether oxygens (including phenoxy) is 1. The van der Waals surface area contributed by atoms with Gasteiger partial charge in [-0.05, 0) is 44.9 Å².